The Morgan fingerprint density at radius 2 is 1.90 bits per heavy atom. The summed E-state index contributed by atoms with van der Waals surface area (Å²) in [6, 6.07) is 9.14. The van der Waals surface area contributed by atoms with Crippen molar-refractivity contribution in [3.63, 3.8) is 0 Å². The maximum atomic E-state index is 5.77. The molecule has 0 radical (unpaired) electrons. The normalized spacial score (nSPS) is 22.0. The maximum absolute atomic E-state index is 5.77. The van der Waals surface area contributed by atoms with E-state index in [4.69, 9.17) is 14.2 Å². The molecule has 1 aromatic rings. The zero-order valence-electron chi connectivity index (χ0n) is 12.8. The van der Waals surface area contributed by atoms with Crippen LogP contribution >= 0.6 is 0 Å². The Morgan fingerprint density at radius 3 is 2.62 bits per heavy atom. The molecule has 4 nitrogen and oxygen atoms in total. The van der Waals surface area contributed by atoms with Crippen molar-refractivity contribution in [1.29, 1.82) is 0 Å². The molecule has 21 heavy (non-hydrogen) atoms. The summed E-state index contributed by atoms with van der Waals surface area (Å²) in [5.41, 5.74) is 2.55. The maximum Gasteiger partial charge on any atom is 0.168 e. The van der Waals surface area contributed by atoms with Crippen molar-refractivity contribution in [3.8, 4) is 0 Å². The SMILES string of the molecule is COCc1cccc(CNC2CCC3(CC2)OCCO3)c1. The zero-order valence-corrected chi connectivity index (χ0v) is 12.8. The van der Waals surface area contributed by atoms with Crippen LogP contribution in [0.25, 0.3) is 0 Å². The Kier molecular flexibility index (Phi) is 4.91. The monoisotopic (exact) mass is 291 g/mol. The van der Waals surface area contributed by atoms with Crippen LogP contribution < -0.4 is 5.32 Å². The van der Waals surface area contributed by atoms with Gasteiger partial charge in [-0.2, -0.15) is 0 Å². The standard InChI is InChI=1S/C17H25NO3/c1-19-13-15-4-2-3-14(11-15)12-18-16-5-7-17(8-6-16)20-9-10-21-17/h2-4,11,16,18H,5-10,12-13H2,1H3. The average molecular weight is 291 g/mol. The number of hydrogen-bond donors (Lipinski definition) is 1. The molecule has 0 aromatic heterocycles. The highest BCUT2D eigenvalue weighted by Crippen LogP contribution is 2.35. The number of nitrogens with one attached hydrogen (secondary N) is 1. The number of rotatable bonds is 5. The van der Waals surface area contributed by atoms with Gasteiger partial charge < -0.3 is 19.5 Å². The van der Waals surface area contributed by atoms with Crippen LogP contribution in [0.3, 0.4) is 0 Å². The summed E-state index contributed by atoms with van der Waals surface area (Å²) in [5, 5.41) is 3.66. The molecule has 1 aromatic carbocycles. The lowest BCUT2D eigenvalue weighted by atomic mass is 9.90. The minimum absolute atomic E-state index is 0.253. The molecule has 3 rings (SSSR count). The van der Waals surface area contributed by atoms with Crippen LogP contribution in [0.5, 0.6) is 0 Å². The van der Waals surface area contributed by atoms with Crippen LogP contribution in [0, 0.1) is 0 Å². The van der Waals surface area contributed by atoms with E-state index in [1.54, 1.807) is 7.11 Å². The van der Waals surface area contributed by atoms with Crippen molar-refractivity contribution in [2.45, 2.75) is 50.7 Å². The molecule has 1 saturated carbocycles. The van der Waals surface area contributed by atoms with Gasteiger partial charge in [0.15, 0.2) is 5.79 Å². The quantitative estimate of drug-likeness (QED) is 0.905. The summed E-state index contributed by atoms with van der Waals surface area (Å²) in [7, 11) is 1.73. The molecule has 0 bridgehead atoms. The Labute approximate surface area is 126 Å². The first-order valence-corrected chi connectivity index (χ1v) is 7.88. The summed E-state index contributed by atoms with van der Waals surface area (Å²) < 4.78 is 16.7. The fourth-order valence-electron chi connectivity index (χ4n) is 3.31. The summed E-state index contributed by atoms with van der Waals surface area (Å²) in [5.74, 6) is -0.253. The molecule has 1 spiro atoms. The third-order valence-electron chi connectivity index (χ3n) is 4.46. The van der Waals surface area contributed by atoms with Crippen LogP contribution in [-0.2, 0) is 27.4 Å². The minimum Gasteiger partial charge on any atom is -0.380 e. The number of hydrogen-bond acceptors (Lipinski definition) is 4. The van der Waals surface area contributed by atoms with Crippen LogP contribution in [0.4, 0.5) is 0 Å². The molecule has 116 valence electrons. The van der Waals surface area contributed by atoms with Gasteiger partial charge in [0, 0.05) is 32.5 Å². The number of benzene rings is 1. The van der Waals surface area contributed by atoms with Crippen molar-refractivity contribution in [1.82, 2.24) is 5.32 Å². The van der Waals surface area contributed by atoms with Crippen molar-refractivity contribution < 1.29 is 14.2 Å². The van der Waals surface area contributed by atoms with Gasteiger partial charge in [-0.15, -0.1) is 0 Å². The van der Waals surface area contributed by atoms with Gasteiger partial charge in [-0.25, -0.2) is 0 Å². The summed E-state index contributed by atoms with van der Waals surface area (Å²) >= 11 is 0. The Hall–Kier alpha value is -0.940. The van der Waals surface area contributed by atoms with E-state index >= 15 is 0 Å². The first-order valence-electron chi connectivity index (χ1n) is 7.88. The highest BCUT2D eigenvalue weighted by atomic mass is 16.7. The van der Waals surface area contributed by atoms with Crippen LogP contribution in [-0.4, -0.2) is 32.2 Å². The second-order valence-corrected chi connectivity index (χ2v) is 6.02. The largest absolute Gasteiger partial charge is 0.380 e. The van der Waals surface area contributed by atoms with E-state index in [1.807, 2.05) is 0 Å². The van der Waals surface area contributed by atoms with Crippen molar-refractivity contribution in [2.24, 2.45) is 0 Å². The molecule has 0 unspecified atom stereocenters. The van der Waals surface area contributed by atoms with Gasteiger partial charge in [0.2, 0.25) is 0 Å². The Bertz CT molecular complexity index is 447. The molecule has 1 heterocycles. The molecule has 1 saturated heterocycles. The van der Waals surface area contributed by atoms with Crippen LogP contribution in [0.2, 0.25) is 0 Å². The van der Waals surface area contributed by atoms with E-state index in [2.05, 4.69) is 29.6 Å². The highest BCUT2D eigenvalue weighted by Gasteiger charge is 2.40. The zero-order chi connectivity index (χ0) is 14.5. The fourth-order valence-corrected chi connectivity index (χ4v) is 3.31. The molecule has 1 aliphatic carbocycles. The predicted octanol–water partition coefficient (Wildman–Crippen LogP) is 2.61. The minimum atomic E-state index is -0.253. The third kappa shape index (κ3) is 3.83. The molecule has 1 aliphatic heterocycles. The van der Waals surface area contributed by atoms with Gasteiger partial charge in [-0.1, -0.05) is 24.3 Å². The summed E-state index contributed by atoms with van der Waals surface area (Å²) in [6.45, 7) is 3.10. The van der Waals surface area contributed by atoms with E-state index in [0.717, 1.165) is 45.4 Å². The summed E-state index contributed by atoms with van der Waals surface area (Å²) in [4.78, 5) is 0. The van der Waals surface area contributed by atoms with Gasteiger partial charge in [0.25, 0.3) is 0 Å². The lowest BCUT2D eigenvalue weighted by molar-refractivity contribution is -0.179. The van der Waals surface area contributed by atoms with Crippen LogP contribution in [0.15, 0.2) is 24.3 Å². The van der Waals surface area contributed by atoms with E-state index in [9.17, 15) is 0 Å². The molecule has 2 fully saturated rings. The van der Waals surface area contributed by atoms with Gasteiger partial charge in [-0.3, -0.25) is 0 Å². The average Bonchev–Trinajstić information content (AvgIpc) is 2.96. The molecule has 0 atom stereocenters. The first kappa shape index (κ1) is 15.0. The highest BCUT2D eigenvalue weighted by molar-refractivity contribution is 5.22. The van der Waals surface area contributed by atoms with Crippen molar-refractivity contribution >= 4 is 0 Å². The number of ether oxygens (including phenoxy) is 3. The second-order valence-electron chi connectivity index (χ2n) is 6.02. The van der Waals surface area contributed by atoms with E-state index in [0.29, 0.717) is 12.6 Å². The third-order valence-corrected chi connectivity index (χ3v) is 4.46. The van der Waals surface area contributed by atoms with E-state index in [-0.39, 0.29) is 5.79 Å². The van der Waals surface area contributed by atoms with Gasteiger partial charge >= 0.3 is 0 Å². The molecular weight excluding hydrogens is 266 g/mol. The van der Waals surface area contributed by atoms with Crippen LogP contribution in [0.1, 0.15) is 36.8 Å². The molecule has 4 heteroatoms. The topological polar surface area (TPSA) is 39.7 Å². The predicted molar refractivity (Wildman–Crippen MR) is 80.9 cm³/mol. The first-order chi connectivity index (χ1) is 10.3. The van der Waals surface area contributed by atoms with Crippen molar-refractivity contribution in [2.75, 3.05) is 20.3 Å². The smallest absolute Gasteiger partial charge is 0.168 e. The summed E-state index contributed by atoms with van der Waals surface area (Å²) in [6.07, 6.45) is 4.26. The molecule has 1 N–H and O–H groups in total. The van der Waals surface area contributed by atoms with Crippen molar-refractivity contribution in [3.05, 3.63) is 35.4 Å². The second kappa shape index (κ2) is 6.88. The molecular formula is C17H25NO3. The molecule has 2 aliphatic rings. The van der Waals surface area contributed by atoms with Gasteiger partial charge in [0.05, 0.1) is 19.8 Å². The lowest BCUT2D eigenvalue weighted by Crippen LogP contribution is -2.41. The van der Waals surface area contributed by atoms with E-state index in [1.165, 1.54) is 11.1 Å². The Morgan fingerprint density at radius 1 is 1.19 bits per heavy atom. The fraction of sp³-hybridized carbons (Fsp3) is 0.647. The molecule has 0 amide bonds. The van der Waals surface area contributed by atoms with Gasteiger partial charge in [0.1, 0.15) is 0 Å². The Balaban J connectivity index is 1.46. The van der Waals surface area contributed by atoms with E-state index < -0.39 is 0 Å². The van der Waals surface area contributed by atoms with Gasteiger partial charge in [-0.05, 0) is 24.0 Å². The number of methoxy groups -OCH3 is 1. The lowest BCUT2D eigenvalue weighted by Gasteiger charge is -2.35.